The van der Waals surface area contributed by atoms with E-state index in [1.165, 1.54) is 11.1 Å². The number of para-hydroxylation sites is 1. The van der Waals surface area contributed by atoms with Crippen molar-refractivity contribution in [1.29, 1.82) is 5.26 Å². The highest BCUT2D eigenvalue weighted by molar-refractivity contribution is 7.98. The van der Waals surface area contributed by atoms with Crippen LogP contribution in [-0.2, 0) is 5.75 Å². The number of hydrogen-bond donors (Lipinski definition) is 0. The molecule has 0 saturated heterocycles. The molecule has 0 aliphatic heterocycles. The molecule has 0 unspecified atom stereocenters. The second kappa shape index (κ2) is 8.12. The lowest BCUT2D eigenvalue weighted by Crippen LogP contribution is -1.97. The number of aromatic nitrogens is 3. The van der Waals surface area contributed by atoms with Gasteiger partial charge in [-0.25, -0.2) is 0 Å². The average Bonchev–Trinajstić information content (AvgIpc) is 3.21. The molecule has 0 bridgehead atoms. The predicted octanol–water partition coefficient (Wildman–Crippen LogP) is 5.41. The fraction of sp³-hybridized carbons (Fsp3) is 0.0870. The maximum absolute atomic E-state index is 9.30. The molecule has 0 amide bonds. The van der Waals surface area contributed by atoms with Crippen LogP contribution < -0.4 is 0 Å². The Morgan fingerprint density at radius 2 is 1.71 bits per heavy atom. The van der Waals surface area contributed by atoms with E-state index >= 15 is 0 Å². The summed E-state index contributed by atoms with van der Waals surface area (Å²) in [5, 5.41) is 18.5. The van der Waals surface area contributed by atoms with Crippen molar-refractivity contribution in [2.75, 3.05) is 0 Å². The summed E-state index contributed by atoms with van der Waals surface area (Å²) < 4.78 is 2.03. The lowest BCUT2D eigenvalue weighted by atomic mass is 10.00. The van der Waals surface area contributed by atoms with Crippen molar-refractivity contribution >= 4 is 11.8 Å². The van der Waals surface area contributed by atoms with E-state index in [-0.39, 0.29) is 0 Å². The Bertz CT molecular complexity index is 1140. The number of thioether (sulfide) groups is 1. The van der Waals surface area contributed by atoms with Gasteiger partial charge in [-0.15, -0.1) is 10.2 Å². The molecule has 4 nitrogen and oxygen atoms in total. The van der Waals surface area contributed by atoms with E-state index in [2.05, 4.69) is 59.6 Å². The zero-order chi connectivity index (χ0) is 19.3. The van der Waals surface area contributed by atoms with Crippen molar-refractivity contribution < 1.29 is 0 Å². The summed E-state index contributed by atoms with van der Waals surface area (Å²) in [6.45, 7) is 2.08. The molecule has 0 fully saturated rings. The number of nitrogens with zero attached hydrogens (tertiary/aromatic N) is 4. The Hall–Kier alpha value is -3.36. The summed E-state index contributed by atoms with van der Waals surface area (Å²) in [5.74, 6) is 0.796. The normalized spacial score (nSPS) is 10.6. The topological polar surface area (TPSA) is 54.5 Å². The molecule has 28 heavy (non-hydrogen) atoms. The first-order valence-corrected chi connectivity index (χ1v) is 9.92. The average molecular weight is 382 g/mol. The van der Waals surface area contributed by atoms with E-state index in [9.17, 15) is 5.26 Å². The molecule has 136 valence electrons. The second-order valence-electron chi connectivity index (χ2n) is 6.41. The molecular weight excluding hydrogens is 364 g/mol. The van der Waals surface area contributed by atoms with Crippen molar-refractivity contribution in [2.24, 2.45) is 0 Å². The minimum absolute atomic E-state index is 0.691. The van der Waals surface area contributed by atoms with E-state index in [1.807, 2.05) is 41.0 Å². The molecular formula is C23H18N4S. The van der Waals surface area contributed by atoms with Gasteiger partial charge in [-0.05, 0) is 41.3 Å². The number of aryl methyl sites for hydroxylation is 1. The Kier molecular flexibility index (Phi) is 5.22. The van der Waals surface area contributed by atoms with E-state index in [0.717, 1.165) is 27.7 Å². The molecule has 4 rings (SSSR count). The van der Waals surface area contributed by atoms with Gasteiger partial charge in [0, 0.05) is 5.75 Å². The smallest absolute Gasteiger partial charge is 0.195 e. The fourth-order valence-electron chi connectivity index (χ4n) is 3.08. The van der Waals surface area contributed by atoms with Gasteiger partial charge in [-0.1, -0.05) is 72.4 Å². The Labute approximate surface area is 168 Å². The minimum atomic E-state index is 0.691. The molecule has 5 heteroatoms. The Morgan fingerprint density at radius 1 is 0.964 bits per heavy atom. The molecule has 3 aromatic carbocycles. The second-order valence-corrected chi connectivity index (χ2v) is 7.36. The molecule has 0 spiro atoms. The molecule has 0 saturated carbocycles. The zero-order valence-corrected chi connectivity index (χ0v) is 16.2. The van der Waals surface area contributed by atoms with E-state index in [4.69, 9.17) is 0 Å². The lowest BCUT2D eigenvalue weighted by Gasteiger charge is -2.09. The van der Waals surface area contributed by atoms with Crippen LogP contribution in [0.25, 0.3) is 16.8 Å². The highest BCUT2D eigenvalue weighted by atomic mass is 32.2. The standard InChI is InChI=1S/C23H18N4S/c1-17-6-2-5-9-22(17)27-16-25-26-23(27)28-15-18-10-12-19(13-11-18)21-8-4-3-7-20(21)14-24/h2-13,16H,15H2,1H3. The van der Waals surface area contributed by atoms with Crippen LogP contribution in [0.3, 0.4) is 0 Å². The van der Waals surface area contributed by atoms with Gasteiger partial charge in [-0.3, -0.25) is 4.57 Å². The van der Waals surface area contributed by atoms with Gasteiger partial charge in [0.1, 0.15) is 6.33 Å². The van der Waals surface area contributed by atoms with Crippen LogP contribution in [0.15, 0.2) is 84.3 Å². The van der Waals surface area contributed by atoms with Crippen LogP contribution in [0.4, 0.5) is 0 Å². The van der Waals surface area contributed by atoms with Crippen molar-refractivity contribution in [3.05, 3.63) is 95.8 Å². The fourth-order valence-corrected chi connectivity index (χ4v) is 3.96. The van der Waals surface area contributed by atoms with Crippen molar-refractivity contribution in [2.45, 2.75) is 17.8 Å². The monoisotopic (exact) mass is 382 g/mol. The summed E-state index contributed by atoms with van der Waals surface area (Å²) in [5.41, 5.74) is 6.18. The summed E-state index contributed by atoms with van der Waals surface area (Å²) in [6, 6.07) is 26.5. The SMILES string of the molecule is Cc1ccccc1-n1cnnc1SCc1ccc(-c2ccccc2C#N)cc1. The largest absolute Gasteiger partial charge is 0.276 e. The van der Waals surface area contributed by atoms with E-state index in [1.54, 1.807) is 18.1 Å². The summed E-state index contributed by atoms with van der Waals surface area (Å²) in [4.78, 5) is 0. The van der Waals surface area contributed by atoms with Crippen molar-refractivity contribution in [3.8, 4) is 22.9 Å². The third-order valence-corrected chi connectivity index (χ3v) is 5.59. The molecule has 1 heterocycles. The lowest BCUT2D eigenvalue weighted by molar-refractivity contribution is 0.878. The van der Waals surface area contributed by atoms with Crippen molar-refractivity contribution in [3.63, 3.8) is 0 Å². The number of nitriles is 1. The van der Waals surface area contributed by atoms with Crippen LogP contribution in [0.1, 0.15) is 16.7 Å². The first-order chi connectivity index (χ1) is 13.8. The Balaban J connectivity index is 1.51. The molecule has 4 aromatic rings. The highest BCUT2D eigenvalue weighted by Gasteiger charge is 2.10. The van der Waals surface area contributed by atoms with Gasteiger partial charge in [0.2, 0.25) is 0 Å². The summed E-state index contributed by atoms with van der Waals surface area (Å²) >= 11 is 1.66. The molecule has 0 radical (unpaired) electrons. The number of rotatable bonds is 5. The first kappa shape index (κ1) is 18.0. The first-order valence-electron chi connectivity index (χ1n) is 8.93. The quantitative estimate of drug-likeness (QED) is 0.433. The van der Waals surface area contributed by atoms with Crippen LogP contribution in [0.5, 0.6) is 0 Å². The van der Waals surface area contributed by atoms with E-state index < -0.39 is 0 Å². The minimum Gasteiger partial charge on any atom is -0.276 e. The molecule has 0 atom stereocenters. The molecule has 1 aromatic heterocycles. The maximum Gasteiger partial charge on any atom is 0.195 e. The predicted molar refractivity (Wildman–Crippen MR) is 112 cm³/mol. The zero-order valence-electron chi connectivity index (χ0n) is 15.4. The van der Waals surface area contributed by atoms with Crippen LogP contribution in [0, 0.1) is 18.3 Å². The van der Waals surface area contributed by atoms with Gasteiger partial charge in [0.15, 0.2) is 5.16 Å². The number of hydrogen-bond acceptors (Lipinski definition) is 4. The van der Waals surface area contributed by atoms with Crippen LogP contribution in [0.2, 0.25) is 0 Å². The summed E-state index contributed by atoms with van der Waals surface area (Å²) in [6.07, 6.45) is 1.76. The third kappa shape index (κ3) is 3.68. The summed E-state index contributed by atoms with van der Waals surface area (Å²) in [7, 11) is 0. The van der Waals surface area contributed by atoms with Gasteiger partial charge < -0.3 is 0 Å². The van der Waals surface area contributed by atoms with Crippen molar-refractivity contribution in [1.82, 2.24) is 14.8 Å². The molecule has 0 N–H and O–H groups in total. The van der Waals surface area contributed by atoms with Gasteiger partial charge in [-0.2, -0.15) is 5.26 Å². The highest BCUT2D eigenvalue weighted by Crippen LogP contribution is 2.27. The van der Waals surface area contributed by atoms with E-state index in [0.29, 0.717) is 5.56 Å². The van der Waals surface area contributed by atoms with Gasteiger partial charge in [0.05, 0.1) is 17.3 Å². The van der Waals surface area contributed by atoms with Crippen LogP contribution >= 0.6 is 11.8 Å². The maximum atomic E-state index is 9.30. The van der Waals surface area contributed by atoms with Crippen LogP contribution in [-0.4, -0.2) is 14.8 Å². The number of benzene rings is 3. The molecule has 0 aliphatic rings. The Morgan fingerprint density at radius 3 is 2.50 bits per heavy atom. The van der Waals surface area contributed by atoms with Gasteiger partial charge >= 0.3 is 0 Å². The molecule has 0 aliphatic carbocycles. The van der Waals surface area contributed by atoms with Gasteiger partial charge in [0.25, 0.3) is 0 Å². The third-order valence-electron chi connectivity index (χ3n) is 4.57.